The molecule has 8 nitrogen and oxygen atoms in total. The monoisotopic (exact) mass is 497 g/mol. The molecule has 1 aromatic heterocycles. The van der Waals surface area contributed by atoms with Crippen LogP contribution < -0.4 is 15.4 Å². The van der Waals surface area contributed by atoms with Crippen molar-refractivity contribution in [2.24, 2.45) is 0 Å². The van der Waals surface area contributed by atoms with Crippen molar-refractivity contribution >= 4 is 11.6 Å². The maximum atomic E-state index is 13.9. The normalized spacial score (nSPS) is 18.4. The molecular formula is C26H32ClN5O3+2. The summed E-state index contributed by atoms with van der Waals surface area (Å²) in [5.41, 5.74) is 2.16. The van der Waals surface area contributed by atoms with Gasteiger partial charge in [-0.2, -0.15) is 4.68 Å². The lowest BCUT2D eigenvalue weighted by molar-refractivity contribution is -0.931. The fourth-order valence-electron chi connectivity index (χ4n) is 4.81. The zero-order valence-electron chi connectivity index (χ0n) is 19.8. The summed E-state index contributed by atoms with van der Waals surface area (Å²) in [6.07, 6.45) is 0. The topological polar surface area (TPSA) is 75.1 Å². The molecule has 3 heterocycles. The number of morpholine rings is 2. The van der Waals surface area contributed by atoms with Gasteiger partial charge in [0.1, 0.15) is 31.9 Å². The Balaban J connectivity index is 1.61. The number of nitrogens with zero attached hydrogens (tertiary/aromatic N) is 3. The summed E-state index contributed by atoms with van der Waals surface area (Å²) in [4.78, 5) is 21.5. The molecule has 0 radical (unpaired) electrons. The van der Waals surface area contributed by atoms with E-state index in [1.165, 1.54) is 9.80 Å². The van der Waals surface area contributed by atoms with Gasteiger partial charge in [-0.05, 0) is 11.6 Å². The summed E-state index contributed by atoms with van der Waals surface area (Å²) in [5, 5.41) is 5.36. The summed E-state index contributed by atoms with van der Waals surface area (Å²) in [6.45, 7) is 7.49. The highest BCUT2D eigenvalue weighted by Gasteiger charge is 2.30. The third kappa shape index (κ3) is 5.79. The average molecular weight is 498 g/mol. The molecule has 2 aromatic carbocycles. The third-order valence-corrected chi connectivity index (χ3v) is 7.15. The summed E-state index contributed by atoms with van der Waals surface area (Å²) in [7, 11) is 0. The molecule has 184 valence electrons. The maximum absolute atomic E-state index is 13.9. The molecule has 0 saturated carbocycles. The molecule has 35 heavy (non-hydrogen) atoms. The Morgan fingerprint density at radius 3 is 2.20 bits per heavy atom. The molecule has 9 heteroatoms. The Labute approximate surface area is 210 Å². The highest BCUT2D eigenvalue weighted by Crippen LogP contribution is 2.28. The molecule has 0 amide bonds. The van der Waals surface area contributed by atoms with Gasteiger partial charge in [0.25, 0.3) is 5.56 Å². The van der Waals surface area contributed by atoms with Crippen LogP contribution in [0.1, 0.15) is 17.2 Å². The summed E-state index contributed by atoms with van der Waals surface area (Å²) < 4.78 is 12.7. The molecule has 2 fully saturated rings. The van der Waals surface area contributed by atoms with Gasteiger partial charge >= 0.3 is 0 Å². The number of quaternary nitrogens is 2. The molecule has 3 aromatic rings. The number of ether oxygens (including phenoxy) is 2. The summed E-state index contributed by atoms with van der Waals surface area (Å²) in [6, 6.07) is 17.6. The van der Waals surface area contributed by atoms with Crippen LogP contribution in [-0.4, -0.2) is 73.9 Å². The van der Waals surface area contributed by atoms with E-state index in [1.54, 1.807) is 4.68 Å². The Morgan fingerprint density at radius 2 is 1.51 bits per heavy atom. The second kappa shape index (κ2) is 11.4. The third-order valence-electron chi connectivity index (χ3n) is 6.80. The fourth-order valence-corrected chi connectivity index (χ4v) is 5.08. The van der Waals surface area contributed by atoms with E-state index in [0.29, 0.717) is 49.6 Å². The minimum absolute atomic E-state index is 0.152. The van der Waals surface area contributed by atoms with Crippen molar-refractivity contribution in [1.82, 2.24) is 14.8 Å². The highest BCUT2D eigenvalue weighted by molar-refractivity contribution is 6.31. The molecule has 2 aliphatic heterocycles. The second-order valence-corrected chi connectivity index (χ2v) is 9.56. The minimum Gasteiger partial charge on any atom is -0.370 e. The van der Waals surface area contributed by atoms with Gasteiger partial charge in [-0.3, -0.25) is 4.79 Å². The van der Waals surface area contributed by atoms with Crippen molar-refractivity contribution < 1.29 is 19.3 Å². The largest absolute Gasteiger partial charge is 0.370 e. The molecular weight excluding hydrogens is 466 g/mol. The molecule has 2 saturated heterocycles. The van der Waals surface area contributed by atoms with Gasteiger partial charge in [-0.1, -0.05) is 60.1 Å². The Kier molecular flexibility index (Phi) is 7.85. The first kappa shape index (κ1) is 24.1. The number of halogens is 1. The Bertz CT molecular complexity index is 1180. The van der Waals surface area contributed by atoms with E-state index in [2.05, 4.69) is 0 Å². The van der Waals surface area contributed by atoms with Gasteiger partial charge < -0.3 is 19.3 Å². The maximum Gasteiger partial charge on any atom is 0.294 e. The Hall–Kier alpha value is -2.62. The predicted octanol–water partition coefficient (Wildman–Crippen LogP) is -0.122. The first-order valence-corrected chi connectivity index (χ1v) is 12.7. The summed E-state index contributed by atoms with van der Waals surface area (Å²) >= 11 is 6.69. The number of nitrogens with one attached hydrogen (secondary N) is 2. The predicted molar refractivity (Wildman–Crippen MR) is 133 cm³/mol. The van der Waals surface area contributed by atoms with Gasteiger partial charge in [-0.15, -0.1) is 5.10 Å². The fraction of sp³-hybridized carbons (Fsp3) is 0.423. The van der Waals surface area contributed by atoms with Gasteiger partial charge in [0.15, 0.2) is 12.5 Å². The van der Waals surface area contributed by atoms with E-state index in [-0.39, 0.29) is 11.5 Å². The molecule has 0 bridgehead atoms. The zero-order chi connectivity index (χ0) is 24.0. The molecule has 0 unspecified atom stereocenters. The molecule has 0 spiro atoms. The van der Waals surface area contributed by atoms with Gasteiger partial charge in [0.2, 0.25) is 0 Å². The van der Waals surface area contributed by atoms with Crippen molar-refractivity contribution in [3.8, 4) is 11.4 Å². The van der Waals surface area contributed by atoms with E-state index < -0.39 is 0 Å². The summed E-state index contributed by atoms with van der Waals surface area (Å²) in [5.74, 6) is 0.308. The lowest BCUT2D eigenvalue weighted by Gasteiger charge is -2.28. The van der Waals surface area contributed by atoms with Gasteiger partial charge in [0, 0.05) is 10.6 Å². The Morgan fingerprint density at radius 1 is 0.886 bits per heavy atom. The van der Waals surface area contributed by atoms with Crippen LogP contribution in [0.25, 0.3) is 11.4 Å². The van der Waals surface area contributed by atoms with Crippen molar-refractivity contribution in [2.45, 2.75) is 12.6 Å². The van der Waals surface area contributed by atoms with Crippen LogP contribution in [0.4, 0.5) is 0 Å². The lowest BCUT2D eigenvalue weighted by Crippen LogP contribution is -3.14. The standard InChI is InChI=1S/C26H30ClN5O3/c27-23-9-5-4-8-21(23)22(18-30-10-14-34-15-11-30)24-26(33)32(19-31-12-16-35-17-13-31)29-25(28-24)20-6-2-1-3-7-20/h1-9,22H,10-19H2/p+2/t22-/m0/s1. The number of hydrogen-bond acceptors (Lipinski definition) is 5. The number of aromatic nitrogens is 3. The van der Waals surface area contributed by atoms with E-state index in [1.807, 2.05) is 54.6 Å². The van der Waals surface area contributed by atoms with Crippen LogP contribution in [0, 0.1) is 0 Å². The van der Waals surface area contributed by atoms with Crippen molar-refractivity contribution in [3.05, 3.63) is 81.2 Å². The zero-order valence-corrected chi connectivity index (χ0v) is 20.5. The van der Waals surface area contributed by atoms with Crippen LogP contribution in [0.2, 0.25) is 5.02 Å². The first-order valence-electron chi connectivity index (χ1n) is 12.3. The molecule has 1 atom stereocenters. The van der Waals surface area contributed by atoms with Gasteiger partial charge in [0.05, 0.1) is 38.9 Å². The van der Waals surface area contributed by atoms with Crippen LogP contribution in [0.3, 0.4) is 0 Å². The second-order valence-electron chi connectivity index (χ2n) is 9.15. The van der Waals surface area contributed by atoms with Crippen molar-refractivity contribution in [3.63, 3.8) is 0 Å². The van der Waals surface area contributed by atoms with E-state index in [4.69, 9.17) is 31.2 Å². The van der Waals surface area contributed by atoms with Crippen LogP contribution in [0.15, 0.2) is 59.4 Å². The van der Waals surface area contributed by atoms with E-state index >= 15 is 0 Å². The minimum atomic E-state index is -0.249. The SMILES string of the molecule is O=c1c([C@@H](C[NH+]2CCOCC2)c2ccccc2Cl)nc(-c2ccccc2)nn1C[NH+]1CCOCC1. The van der Waals surface area contributed by atoms with E-state index in [9.17, 15) is 4.79 Å². The number of benzene rings is 2. The van der Waals surface area contributed by atoms with Crippen molar-refractivity contribution in [2.75, 3.05) is 59.2 Å². The molecule has 5 rings (SSSR count). The molecule has 0 aliphatic carbocycles. The van der Waals surface area contributed by atoms with Crippen LogP contribution in [0.5, 0.6) is 0 Å². The number of hydrogen-bond donors (Lipinski definition) is 2. The molecule has 2 N–H and O–H groups in total. The smallest absolute Gasteiger partial charge is 0.294 e. The van der Waals surface area contributed by atoms with Crippen molar-refractivity contribution in [1.29, 1.82) is 0 Å². The average Bonchev–Trinajstić information content (AvgIpc) is 2.91. The first-order chi connectivity index (χ1) is 17.2. The highest BCUT2D eigenvalue weighted by atomic mass is 35.5. The van der Waals surface area contributed by atoms with Gasteiger partial charge in [-0.25, -0.2) is 4.98 Å². The number of rotatable bonds is 7. The lowest BCUT2D eigenvalue weighted by atomic mass is 9.94. The molecule has 2 aliphatic rings. The quantitative estimate of drug-likeness (QED) is 0.476. The van der Waals surface area contributed by atoms with Crippen LogP contribution >= 0.6 is 11.6 Å². The van der Waals surface area contributed by atoms with E-state index in [0.717, 1.165) is 43.9 Å². The van der Waals surface area contributed by atoms with Crippen LogP contribution in [-0.2, 0) is 16.1 Å².